The van der Waals surface area contributed by atoms with Crippen molar-refractivity contribution in [3.8, 4) is 11.5 Å². The van der Waals surface area contributed by atoms with Crippen molar-refractivity contribution in [1.29, 1.82) is 0 Å². The molecule has 0 spiro atoms. The van der Waals surface area contributed by atoms with Crippen LogP contribution in [-0.4, -0.2) is 53.8 Å². The maximum absolute atomic E-state index is 14.0. The first-order chi connectivity index (χ1) is 22.7. The minimum absolute atomic E-state index is 0.0703. The lowest BCUT2D eigenvalue weighted by Crippen LogP contribution is -2.46. The quantitative estimate of drug-likeness (QED) is 0.296. The molecule has 0 bridgehead atoms. The van der Waals surface area contributed by atoms with Crippen LogP contribution >= 0.6 is 0 Å². The summed E-state index contributed by atoms with van der Waals surface area (Å²) in [5.74, 6) is -0.195. The Morgan fingerprint density at radius 2 is 1.77 bits per heavy atom. The zero-order valence-corrected chi connectivity index (χ0v) is 30.6. The van der Waals surface area contributed by atoms with Crippen LogP contribution in [0.4, 0.5) is 13.2 Å². The van der Waals surface area contributed by atoms with Crippen LogP contribution in [-0.2, 0) is 13.1 Å². The van der Waals surface area contributed by atoms with E-state index in [-0.39, 0.29) is 25.2 Å². The molecule has 8 nitrogen and oxygen atoms in total. The molecule has 2 atom stereocenters. The molecule has 5 rings (SSSR count). The Morgan fingerprint density at radius 1 is 1.15 bits per heavy atom. The summed E-state index contributed by atoms with van der Waals surface area (Å²) in [6.07, 6.45) is -0.949. The number of likely N-dealkylation sites (N-methyl/N-ethyl adjacent to an activating group) is 1. The number of aryl methyl sites for hydroxylation is 1. The number of aromatic nitrogens is 1. The van der Waals surface area contributed by atoms with E-state index in [4.69, 9.17) is 20.9 Å². The van der Waals surface area contributed by atoms with E-state index in [0.717, 1.165) is 40.7 Å². The van der Waals surface area contributed by atoms with Crippen molar-refractivity contribution in [1.82, 2.24) is 14.8 Å². The van der Waals surface area contributed by atoms with E-state index in [9.17, 15) is 18.0 Å². The van der Waals surface area contributed by atoms with E-state index >= 15 is 0 Å². The minimum atomic E-state index is -4.43. The number of hydrogen-bond donors (Lipinski definition) is 2. The highest BCUT2D eigenvalue weighted by molar-refractivity contribution is 5.75. The lowest BCUT2D eigenvalue weighted by atomic mass is 9.66. The molecule has 1 aliphatic carbocycles. The molecule has 2 aliphatic heterocycles. The van der Waals surface area contributed by atoms with E-state index in [2.05, 4.69) is 16.5 Å². The Bertz CT molecular complexity index is 1440. The van der Waals surface area contributed by atoms with Crippen LogP contribution < -0.4 is 20.9 Å². The summed E-state index contributed by atoms with van der Waals surface area (Å²) < 4.78 is 53.0. The topological polar surface area (TPSA) is 107 Å². The maximum Gasteiger partial charge on any atom is 0.396 e. The van der Waals surface area contributed by atoms with Crippen molar-refractivity contribution < 1.29 is 27.4 Å². The van der Waals surface area contributed by atoms with Gasteiger partial charge in [0, 0.05) is 72.1 Å². The molecule has 0 radical (unpaired) electrons. The number of allylic oxidation sites excluding steroid dienone is 2. The van der Waals surface area contributed by atoms with Crippen LogP contribution in [0.25, 0.3) is 0 Å². The number of hydrogen-bond acceptors (Lipinski definition) is 8. The Morgan fingerprint density at radius 3 is 2.29 bits per heavy atom. The number of alkyl halides is 3. The predicted octanol–water partition coefficient (Wildman–Crippen LogP) is 8.12. The van der Waals surface area contributed by atoms with Crippen LogP contribution in [0.5, 0.6) is 11.5 Å². The van der Waals surface area contributed by atoms with Gasteiger partial charge in [0.2, 0.25) is 6.79 Å². The summed E-state index contributed by atoms with van der Waals surface area (Å²) in [5, 5.41) is 0. The monoisotopic (exact) mass is 675 g/mol. The number of halogens is 3. The van der Waals surface area contributed by atoms with Gasteiger partial charge in [0.05, 0.1) is 12.1 Å². The highest BCUT2D eigenvalue weighted by atomic mass is 19.4. The van der Waals surface area contributed by atoms with Crippen LogP contribution in [0.15, 0.2) is 65.7 Å². The molecule has 268 valence electrons. The Kier molecular flexibility index (Phi) is 16.4. The molecule has 0 saturated carbocycles. The Balaban J connectivity index is 0.000000647. The van der Waals surface area contributed by atoms with Crippen LogP contribution in [0, 0.1) is 18.3 Å². The van der Waals surface area contributed by atoms with Crippen molar-refractivity contribution in [3.63, 3.8) is 0 Å². The lowest BCUT2D eigenvalue weighted by molar-refractivity contribution is -0.182. The molecule has 1 aromatic heterocycles. The molecule has 2 aromatic rings. The normalized spacial score (nSPS) is 17.7. The predicted molar refractivity (Wildman–Crippen MR) is 188 cm³/mol. The SMILES string of the molecule is C=C(C1=C(N)C(CN)=CC(C(F)(F)F)C1(C)C)N(C)C(C)N1Cc2ccc3c(c2C1)OCO3.CC.CC.CC.Cc1ncccc1C=O. The van der Waals surface area contributed by atoms with Crippen molar-refractivity contribution in [2.75, 3.05) is 20.4 Å². The number of nitrogens with two attached hydrogens (primary N) is 2. The second kappa shape index (κ2) is 18.6. The van der Waals surface area contributed by atoms with Crippen LogP contribution in [0.1, 0.15) is 89.5 Å². The molecule has 0 fully saturated rings. The number of benzene rings is 1. The number of fused-ring (bicyclic) bond motifs is 3. The molecular weight excluding hydrogens is 619 g/mol. The second-order valence-electron chi connectivity index (χ2n) is 11.3. The van der Waals surface area contributed by atoms with Gasteiger partial charge in [-0.25, -0.2) is 0 Å². The minimum Gasteiger partial charge on any atom is -0.454 e. The molecule has 1 aromatic carbocycles. The van der Waals surface area contributed by atoms with Gasteiger partial charge >= 0.3 is 6.18 Å². The first kappa shape index (κ1) is 42.2. The van der Waals surface area contributed by atoms with Gasteiger partial charge in [-0.1, -0.05) is 74.1 Å². The average molecular weight is 676 g/mol. The van der Waals surface area contributed by atoms with Crippen molar-refractivity contribution in [2.24, 2.45) is 22.8 Å². The number of nitrogens with zero attached hydrogens (tertiary/aromatic N) is 3. The van der Waals surface area contributed by atoms with Gasteiger partial charge in [-0.15, -0.1) is 0 Å². The van der Waals surface area contributed by atoms with E-state index in [0.29, 0.717) is 35.5 Å². The van der Waals surface area contributed by atoms with Gasteiger partial charge in [-0.05, 0) is 43.2 Å². The van der Waals surface area contributed by atoms with Gasteiger partial charge in [0.1, 0.15) is 0 Å². The lowest BCUT2D eigenvalue weighted by Gasteiger charge is -2.45. The van der Waals surface area contributed by atoms with E-state index in [1.807, 2.05) is 79.5 Å². The summed E-state index contributed by atoms with van der Waals surface area (Å²) in [5.41, 5.74) is 15.9. The zero-order chi connectivity index (χ0) is 37.0. The molecule has 3 aliphatic rings. The summed E-state index contributed by atoms with van der Waals surface area (Å²) in [6, 6.07) is 7.43. The highest BCUT2D eigenvalue weighted by Gasteiger charge is 2.52. The van der Waals surface area contributed by atoms with Gasteiger partial charge in [0.15, 0.2) is 17.8 Å². The molecule has 4 N–H and O–H groups in total. The van der Waals surface area contributed by atoms with Crippen LogP contribution in [0.2, 0.25) is 0 Å². The molecular formula is C37H56F3N5O3. The molecule has 2 unspecified atom stereocenters. The van der Waals surface area contributed by atoms with Crippen molar-refractivity contribution in [2.45, 2.75) is 94.7 Å². The van der Waals surface area contributed by atoms with Gasteiger partial charge in [-0.3, -0.25) is 14.7 Å². The molecule has 48 heavy (non-hydrogen) atoms. The number of ether oxygens (including phenoxy) is 2. The maximum atomic E-state index is 14.0. The third-order valence-electron chi connectivity index (χ3n) is 8.43. The second-order valence-corrected chi connectivity index (χ2v) is 11.3. The van der Waals surface area contributed by atoms with E-state index in [1.54, 1.807) is 32.2 Å². The Labute approximate surface area is 285 Å². The fourth-order valence-electron chi connectivity index (χ4n) is 5.77. The Hall–Kier alpha value is -3.83. The number of carbonyl (C=O) groups excluding carboxylic acids is 1. The standard InChI is InChI=1S/C24H31F3N4O2.C7H7NO.3C2H6/c1-13(20-21(29)16(9-28)8-19(23(20,3)4)24(25,26)27)30(5)14(2)31-10-15-6-7-18-22(17(15)11-31)33-12-32-18;1-6-7(5-9)3-2-4-8-6;3*1-2/h6-8,14,19H,1,9-12,28-29H2,2-5H3;2-5H,1H3;3*1-2H3. The number of aldehydes is 1. The first-order valence-corrected chi connectivity index (χ1v) is 16.6. The van der Waals surface area contributed by atoms with Crippen LogP contribution in [0.3, 0.4) is 0 Å². The van der Waals surface area contributed by atoms with Gasteiger partial charge in [0.25, 0.3) is 0 Å². The van der Waals surface area contributed by atoms with E-state index in [1.165, 1.54) is 0 Å². The summed E-state index contributed by atoms with van der Waals surface area (Å²) in [6.45, 7) is 24.6. The van der Waals surface area contributed by atoms with Crippen molar-refractivity contribution >= 4 is 6.29 Å². The molecule has 3 heterocycles. The summed E-state index contributed by atoms with van der Waals surface area (Å²) >= 11 is 0. The fourth-order valence-corrected chi connectivity index (χ4v) is 5.77. The largest absolute Gasteiger partial charge is 0.454 e. The average Bonchev–Trinajstić information content (AvgIpc) is 3.74. The third kappa shape index (κ3) is 9.19. The number of rotatable bonds is 6. The molecule has 11 heteroatoms. The first-order valence-electron chi connectivity index (χ1n) is 16.6. The summed E-state index contributed by atoms with van der Waals surface area (Å²) in [7, 11) is 1.83. The zero-order valence-electron chi connectivity index (χ0n) is 30.6. The number of pyridine rings is 1. The highest BCUT2D eigenvalue weighted by Crippen LogP contribution is 2.52. The van der Waals surface area contributed by atoms with Gasteiger partial charge in [-0.2, -0.15) is 13.2 Å². The van der Waals surface area contributed by atoms with Gasteiger partial charge < -0.3 is 25.8 Å². The molecule has 0 saturated heterocycles. The smallest absolute Gasteiger partial charge is 0.396 e. The van der Waals surface area contributed by atoms with Crippen molar-refractivity contribution in [3.05, 3.63) is 88.0 Å². The third-order valence-corrected chi connectivity index (χ3v) is 8.43. The summed E-state index contributed by atoms with van der Waals surface area (Å²) in [4.78, 5) is 18.2. The molecule has 0 amide bonds. The van der Waals surface area contributed by atoms with E-state index < -0.39 is 17.5 Å². The number of carbonyl (C=O) groups is 1. The fraction of sp³-hybridized carbons (Fsp3) is 0.514.